The van der Waals surface area contributed by atoms with E-state index in [0.717, 1.165) is 27.7 Å². The molecule has 0 spiro atoms. The predicted molar refractivity (Wildman–Crippen MR) is 107 cm³/mol. The first kappa shape index (κ1) is 17.7. The molecule has 28 heavy (non-hydrogen) atoms. The van der Waals surface area contributed by atoms with Crippen LogP contribution in [0, 0.1) is 6.92 Å². The lowest BCUT2D eigenvalue weighted by Gasteiger charge is -2.14. The highest BCUT2D eigenvalue weighted by Gasteiger charge is 2.19. The fourth-order valence-corrected chi connectivity index (χ4v) is 3.34. The Bertz CT molecular complexity index is 1220. The molecule has 1 amide bonds. The number of aromatic nitrogens is 4. The zero-order valence-electron chi connectivity index (χ0n) is 15.5. The van der Waals surface area contributed by atoms with Crippen LogP contribution < -0.4 is 10.9 Å². The third-order valence-electron chi connectivity index (χ3n) is 4.82. The molecule has 1 unspecified atom stereocenters. The van der Waals surface area contributed by atoms with Gasteiger partial charge in [-0.2, -0.15) is 5.10 Å². The third kappa shape index (κ3) is 3.07. The fourth-order valence-electron chi connectivity index (χ4n) is 3.34. The van der Waals surface area contributed by atoms with Crippen molar-refractivity contribution in [3.8, 4) is 5.69 Å². The van der Waals surface area contributed by atoms with Gasteiger partial charge in [-0.05, 0) is 25.3 Å². The van der Waals surface area contributed by atoms with Crippen molar-refractivity contribution in [1.82, 2.24) is 25.1 Å². The van der Waals surface area contributed by atoms with E-state index in [1.165, 1.54) is 12.5 Å². The number of carbonyl (C=O) groups excluding carboxylic acids is 1. The number of amides is 1. The van der Waals surface area contributed by atoms with Gasteiger partial charge in [-0.25, -0.2) is 9.67 Å². The van der Waals surface area contributed by atoms with Gasteiger partial charge in [0, 0.05) is 22.8 Å². The number of carbonyl (C=O) groups is 1. The van der Waals surface area contributed by atoms with Gasteiger partial charge in [0.05, 0.1) is 24.3 Å². The molecule has 7 nitrogen and oxygen atoms in total. The Labute approximate surface area is 161 Å². The lowest BCUT2D eigenvalue weighted by Crippen LogP contribution is -2.31. The van der Waals surface area contributed by atoms with Crippen molar-refractivity contribution in [2.24, 2.45) is 0 Å². The van der Waals surface area contributed by atoms with Gasteiger partial charge >= 0.3 is 0 Å². The molecule has 0 aliphatic rings. The van der Waals surface area contributed by atoms with E-state index < -0.39 is 11.5 Å². The minimum atomic E-state index is -0.473. The van der Waals surface area contributed by atoms with Gasteiger partial charge in [0.2, 0.25) is 0 Å². The first-order valence-electron chi connectivity index (χ1n) is 8.92. The molecule has 0 fully saturated rings. The maximum absolute atomic E-state index is 12.4. The monoisotopic (exact) mass is 373 g/mol. The lowest BCUT2D eigenvalue weighted by atomic mass is 10.1. The van der Waals surface area contributed by atoms with Gasteiger partial charge < -0.3 is 10.3 Å². The number of nitrogens with zero attached hydrogens (tertiary/aromatic N) is 3. The molecule has 0 aliphatic carbocycles. The number of hydrogen-bond acceptors (Lipinski definition) is 4. The number of aromatic amines is 1. The lowest BCUT2D eigenvalue weighted by molar-refractivity contribution is 0.0938. The average molecular weight is 373 g/mol. The second kappa shape index (κ2) is 7.11. The van der Waals surface area contributed by atoms with E-state index >= 15 is 0 Å². The molecule has 0 saturated heterocycles. The van der Waals surface area contributed by atoms with Gasteiger partial charge in [-0.1, -0.05) is 36.4 Å². The van der Waals surface area contributed by atoms with E-state index in [1.54, 1.807) is 6.20 Å². The first-order chi connectivity index (χ1) is 13.6. The van der Waals surface area contributed by atoms with E-state index in [0.29, 0.717) is 0 Å². The maximum Gasteiger partial charge on any atom is 0.263 e. The van der Waals surface area contributed by atoms with Crippen LogP contribution >= 0.6 is 0 Å². The molecule has 2 N–H and O–H groups in total. The number of benzene rings is 2. The van der Waals surface area contributed by atoms with Crippen molar-refractivity contribution < 1.29 is 4.79 Å². The molecular formula is C21H19N5O2. The van der Waals surface area contributed by atoms with Crippen LogP contribution in [0.3, 0.4) is 0 Å². The van der Waals surface area contributed by atoms with Crippen LogP contribution in [-0.2, 0) is 0 Å². The molecule has 140 valence electrons. The Hall–Kier alpha value is -3.74. The van der Waals surface area contributed by atoms with Gasteiger partial charge in [-0.15, -0.1) is 0 Å². The average Bonchev–Trinajstić information content (AvgIpc) is 3.09. The van der Waals surface area contributed by atoms with Crippen LogP contribution in [0.25, 0.3) is 16.5 Å². The summed E-state index contributed by atoms with van der Waals surface area (Å²) in [5, 5.41) is 9.62. The summed E-state index contributed by atoms with van der Waals surface area (Å²) in [5.41, 5.74) is 2.28. The molecule has 1 atom stereocenters. The minimum absolute atomic E-state index is 0.0200. The van der Waals surface area contributed by atoms with Gasteiger partial charge in [-0.3, -0.25) is 9.59 Å². The molecule has 4 rings (SSSR count). The molecule has 0 radical (unpaired) electrons. The van der Waals surface area contributed by atoms with E-state index in [9.17, 15) is 9.59 Å². The number of fused-ring (bicyclic) bond motifs is 1. The Morgan fingerprint density at radius 1 is 1.14 bits per heavy atom. The second-order valence-electron chi connectivity index (χ2n) is 6.58. The first-order valence-corrected chi connectivity index (χ1v) is 8.92. The topological polar surface area (TPSA) is 92.7 Å². The molecule has 7 heteroatoms. The van der Waals surface area contributed by atoms with E-state index in [4.69, 9.17) is 0 Å². The van der Waals surface area contributed by atoms with Crippen molar-refractivity contribution in [2.75, 3.05) is 0 Å². The Morgan fingerprint density at radius 3 is 2.75 bits per heavy atom. The summed E-state index contributed by atoms with van der Waals surface area (Å²) >= 11 is 0. The number of H-pyrrole nitrogens is 1. The maximum atomic E-state index is 12.4. The van der Waals surface area contributed by atoms with Crippen LogP contribution in [0.4, 0.5) is 0 Å². The van der Waals surface area contributed by atoms with E-state index in [1.807, 2.05) is 42.8 Å². The quantitative estimate of drug-likeness (QED) is 0.575. The van der Waals surface area contributed by atoms with Crippen LogP contribution in [0.5, 0.6) is 0 Å². The SMILES string of the molecule is Cc1c(C(C)NC(=O)c2cnc[nH]c2=O)cnn1-c1cccc2ccccc12. The van der Waals surface area contributed by atoms with Gasteiger partial charge in [0.15, 0.2) is 0 Å². The summed E-state index contributed by atoms with van der Waals surface area (Å²) in [4.78, 5) is 30.4. The molecule has 2 aromatic carbocycles. The smallest absolute Gasteiger partial charge is 0.263 e. The van der Waals surface area contributed by atoms with Gasteiger partial charge in [0.25, 0.3) is 11.5 Å². The van der Waals surface area contributed by atoms with Crippen molar-refractivity contribution in [1.29, 1.82) is 0 Å². The van der Waals surface area contributed by atoms with E-state index in [-0.39, 0.29) is 11.6 Å². The Kier molecular flexibility index (Phi) is 4.49. The van der Waals surface area contributed by atoms with Crippen molar-refractivity contribution in [3.63, 3.8) is 0 Å². The van der Waals surface area contributed by atoms with E-state index in [2.05, 4.69) is 38.6 Å². The number of rotatable bonds is 4. The predicted octanol–water partition coefficient (Wildman–Crippen LogP) is 2.91. The number of hydrogen-bond donors (Lipinski definition) is 2. The molecule has 0 bridgehead atoms. The summed E-state index contributed by atoms with van der Waals surface area (Å²) in [5.74, 6) is -0.473. The second-order valence-corrected chi connectivity index (χ2v) is 6.58. The van der Waals surface area contributed by atoms with Crippen LogP contribution in [0.1, 0.15) is 34.6 Å². The highest BCUT2D eigenvalue weighted by atomic mass is 16.2. The zero-order chi connectivity index (χ0) is 19.7. The summed E-state index contributed by atoms with van der Waals surface area (Å²) in [6, 6.07) is 13.9. The van der Waals surface area contributed by atoms with Crippen molar-refractivity contribution in [2.45, 2.75) is 19.9 Å². The normalized spacial score (nSPS) is 12.1. The third-order valence-corrected chi connectivity index (χ3v) is 4.82. The summed E-state index contributed by atoms with van der Waals surface area (Å²) < 4.78 is 1.87. The largest absolute Gasteiger partial charge is 0.345 e. The van der Waals surface area contributed by atoms with Crippen LogP contribution in [0.15, 0.2) is 66.0 Å². The molecule has 2 heterocycles. The summed E-state index contributed by atoms with van der Waals surface area (Å²) in [7, 11) is 0. The Morgan fingerprint density at radius 2 is 1.93 bits per heavy atom. The standard InChI is InChI=1S/C21H19N5O2/c1-13(25-21(28)18-10-22-12-23-20(18)27)17-11-24-26(14(17)2)19-9-5-7-15-6-3-4-8-16(15)19/h3-13H,1-2H3,(H,25,28)(H,22,23,27). The minimum Gasteiger partial charge on any atom is -0.345 e. The fraction of sp³-hybridized carbons (Fsp3) is 0.143. The summed E-state index contributed by atoms with van der Waals surface area (Å²) in [6.45, 7) is 3.82. The van der Waals surface area contributed by atoms with Gasteiger partial charge in [0.1, 0.15) is 5.56 Å². The van der Waals surface area contributed by atoms with Crippen LogP contribution in [-0.4, -0.2) is 25.7 Å². The summed E-state index contributed by atoms with van der Waals surface area (Å²) in [6.07, 6.45) is 4.25. The molecule has 0 aliphatic heterocycles. The molecule has 0 saturated carbocycles. The molecular weight excluding hydrogens is 354 g/mol. The van der Waals surface area contributed by atoms with Crippen LogP contribution in [0.2, 0.25) is 0 Å². The Balaban J connectivity index is 1.66. The van der Waals surface area contributed by atoms with Crippen molar-refractivity contribution in [3.05, 3.63) is 88.4 Å². The zero-order valence-corrected chi connectivity index (χ0v) is 15.5. The van der Waals surface area contributed by atoms with Crippen molar-refractivity contribution >= 4 is 16.7 Å². The molecule has 4 aromatic rings. The highest BCUT2D eigenvalue weighted by Crippen LogP contribution is 2.25. The molecule has 2 aromatic heterocycles. The number of nitrogens with one attached hydrogen (secondary N) is 2. The highest BCUT2D eigenvalue weighted by molar-refractivity contribution is 5.93.